The van der Waals surface area contributed by atoms with Gasteiger partial charge in [-0.05, 0) is 238 Å². The number of carbonyl (C=O) groups is 3. The number of anilines is 9. The maximum Gasteiger partial charge on any atom is 0.163 e. The van der Waals surface area contributed by atoms with Gasteiger partial charge in [0.15, 0.2) is 17.3 Å². The molecule has 18 rings (SSSR count). The second-order valence-electron chi connectivity index (χ2n) is 30.4. The zero-order valence-corrected chi connectivity index (χ0v) is 70.4. The number of para-hydroxylation sites is 3. The van der Waals surface area contributed by atoms with Gasteiger partial charge in [0.1, 0.15) is 17.3 Å². The molecule has 18 aromatic carbocycles. The van der Waals surface area contributed by atoms with Crippen molar-refractivity contribution in [1.82, 2.24) is 0 Å². The molecule has 9 heteroatoms. The Kier molecular flexibility index (Phi) is 24.3. The highest BCUT2D eigenvalue weighted by atomic mass is 16.5. The molecule has 0 amide bonds. The summed E-state index contributed by atoms with van der Waals surface area (Å²) in [6.45, 7) is 10.3. The number of Topliss-reactive ketones (excluding diaryl/α,β-unsaturated/α-hetero) is 3. The van der Waals surface area contributed by atoms with E-state index in [2.05, 4.69) is 360 Å². The minimum atomic E-state index is -0.0242. The Labute approximate surface area is 719 Å². The topological polar surface area (TPSA) is 88.6 Å². The van der Waals surface area contributed by atoms with E-state index in [1.807, 2.05) is 75.4 Å². The van der Waals surface area contributed by atoms with E-state index in [0.717, 1.165) is 133 Å². The van der Waals surface area contributed by atoms with Gasteiger partial charge in [-0.2, -0.15) is 0 Å². The first-order valence-corrected chi connectivity index (χ1v) is 41.3. The van der Waals surface area contributed by atoms with Crippen molar-refractivity contribution in [3.8, 4) is 33.4 Å². The van der Waals surface area contributed by atoms with Gasteiger partial charge in [0, 0.05) is 61.5 Å². The third-order valence-electron chi connectivity index (χ3n) is 22.9. The van der Waals surface area contributed by atoms with Crippen molar-refractivity contribution in [3.63, 3.8) is 0 Å². The number of benzene rings is 18. The van der Waals surface area contributed by atoms with Crippen LogP contribution in [0.5, 0.6) is 0 Å². The fraction of sp³-hybridized carbons (Fsp3) is 0.0789. The highest BCUT2D eigenvalue weighted by molar-refractivity contribution is 6.32. The maximum absolute atomic E-state index is 13.1. The van der Waals surface area contributed by atoms with Gasteiger partial charge in [0.25, 0.3) is 0 Å². The minimum Gasteiger partial charge on any atom is -0.501 e. The Hall–Kier alpha value is -15.5. The molecule has 0 aliphatic carbocycles. The standard InChI is InChI=1S/C42H33NO2.C38H31NO2.C34H29NO2/c1-28(44)42(29(2)45-3)40-26-38-36-20-12-13-21-37(36)41(27-39(38)34-18-10-11-19-35(34)40)43(32-16-8-5-9-17-32)33-24-22-31(23-25-33)30-14-6-4-7-15-30;1-26(40)36(27(2)41-3)37-32-18-10-12-20-34(32)38(35-21-13-11-19-33(35)37)39(30-16-8-5-9-17-30)31-24-22-29(23-25-31)28-14-6-4-7-15-28;1-24(36)34(25(2)37-3)29-15-14-28-18-21-33(23-30(28)22-29)35(31-12-8-5-9-13-31)32-19-16-27(17-20-32)26-10-6-4-7-11-26/h4-27H,1-3H3;4-25H,1-3H3;4-23H,1-3H3/b42-29+;36-27+;34-25+. The quantitative estimate of drug-likeness (QED) is 0.0302. The molecular weight excluding hydrogens is 1510 g/mol. The predicted octanol–water partition coefficient (Wildman–Crippen LogP) is 30.3. The largest absolute Gasteiger partial charge is 0.501 e. The van der Waals surface area contributed by atoms with Crippen LogP contribution in [-0.2, 0) is 28.6 Å². The van der Waals surface area contributed by atoms with E-state index in [1.165, 1.54) is 33.4 Å². The molecule has 9 nitrogen and oxygen atoms in total. The van der Waals surface area contributed by atoms with Crippen LogP contribution in [0.15, 0.2) is 418 Å². The molecule has 0 spiro atoms. The van der Waals surface area contributed by atoms with Crippen LogP contribution in [0.25, 0.3) is 115 Å². The first-order valence-electron chi connectivity index (χ1n) is 41.3. The molecule has 0 saturated heterocycles. The first kappa shape index (κ1) is 81.3. The average Bonchev–Trinajstić information content (AvgIpc) is 0.730. The molecule has 0 unspecified atom stereocenters. The normalized spacial score (nSPS) is 11.8. The molecule has 600 valence electrons. The third-order valence-corrected chi connectivity index (χ3v) is 22.9. The molecule has 0 heterocycles. The smallest absolute Gasteiger partial charge is 0.163 e. The van der Waals surface area contributed by atoms with Crippen LogP contribution in [0.2, 0.25) is 0 Å². The van der Waals surface area contributed by atoms with Crippen molar-refractivity contribution in [2.24, 2.45) is 0 Å². The van der Waals surface area contributed by atoms with Gasteiger partial charge in [-0.1, -0.05) is 297 Å². The molecule has 18 aromatic rings. The Morgan fingerprint density at radius 2 is 0.528 bits per heavy atom. The lowest BCUT2D eigenvalue weighted by Crippen LogP contribution is -2.12. The number of nitrogens with zero attached hydrogens (tertiary/aromatic N) is 3. The summed E-state index contributed by atoms with van der Waals surface area (Å²) in [5.74, 6) is 1.78. The van der Waals surface area contributed by atoms with Gasteiger partial charge in [-0.25, -0.2) is 0 Å². The molecular formula is C114H93N3O6. The van der Waals surface area contributed by atoms with E-state index in [9.17, 15) is 14.4 Å². The van der Waals surface area contributed by atoms with E-state index < -0.39 is 0 Å². The van der Waals surface area contributed by atoms with Crippen molar-refractivity contribution < 1.29 is 28.6 Å². The van der Waals surface area contributed by atoms with Crippen molar-refractivity contribution in [3.05, 3.63) is 434 Å². The molecule has 0 atom stereocenters. The molecule has 0 N–H and O–H groups in total. The number of ketones is 3. The van der Waals surface area contributed by atoms with Gasteiger partial charge in [0.05, 0.1) is 49.4 Å². The Morgan fingerprint density at radius 3 is 0.967 bits per heavy atom. The molecule has 0 aliphatic heterocycles. The minimum absolute atomic E-state index is 0.0146. The van der Waals surface area contributed by atoms with Crippen LogP contribution in [0.3, 0.4) is 0 Å². The summed E-state index contributed by atoms with van der Waals surface area (Å²) in [6.07, 6.45) is 0. The number of methoxy groups -OCH3 is 3. The fourth-order valence-electron chi connectivity index (χ4n) is 17.0. The van der Waals surface area contributed by atoms with E-state index >= 15 is 0 Å². The Balaban J connectivity index is 0.000000137. The van der Waals surface area contributed by atoms with E-state index in [0.29, 0.717) is 34.0 Å². The second kappa shape index (κ2) is 36.8. The SMILES string of the molecule is CO/C(C)=C(\C(C)=O)c1c2ccccc2c(N(c2ccccc2)c2ccc(-c3ccccc3)cc2)c2ccccc12.CO/C(C)=C(\C(C)=O)c1cc2c3ccccc3c(N(c3ccccc3)c3ccc(-c4ccccc4)cc3)cc2c2ccccc12.CO/C(C)=C(\C(C)=O)c1ccc2ccc(N(c3ccccc3)c3ccc(-c4ccccc4)cc3)cc2c1. The lowest BCUT2D eigenvalue weighted by Gasteiger charge is -2.30. The summed E-state index contributed by atoms with van der Waals surface area (Å²) in [5.41, 5.74) is 21.1. The van der Waals surface area contributed by atoms with Crippen molar-refractivity contribution in [2.75, 3.05) is 36.0 Å². The number of hydrogen-bond acceptors (Lipinski definition) is 9. The predicted molar refractivity (Wildman–Crippen MR) is 516 cm³/mol. The summed E-state index contributed by atoms with van der Waals surface area (Å²) in [6, 6.07) is 139. The molecule has 0 aliphatic rings. The summed E-state index contributed by atoms with van der Waals surface area (Å²) >= 11 is 0. The van der Waals surface area contributed by atoms with E-state index in [1.54, 1.807) is 42.1 Å². The zero-order valence-electron chi connectivity index (χ0n) is 70.4. The Bertz CT molecular complexity index is 6960. The van der Waals surface area contributed by atoms with Crippen LogP contribution < -0.4 is 14.7 Å². The molecule has 0 radical (unpaired) electrons. The highest BCUT2D eigenvalue weighted by Gasteiger charge is 2.28. The van der Waals surface area contributed by atoms with E-state index in [-0.39, 0.29) is 17.3 Å². The Morgan fingerprint density at radius 1 is 0.220 bits per heavy atom. The van der Waals surface area contributed by atoms with Crippen LogP contribution in [0.1, 0.15) is 58.2 Å². The average molecular weight is 1600 g/mol. The lowest BCUT2D eigenvalue weighted by molar-refractivity contribution is -0.112. The van der Waals surface area contributed by atoms with Crippen molar-refractivity contribution in [2.45, 2.75) is 41.5 Å². The summed E-state index contributed by atoms with van der Waals surface area (Å²) in [4.78, 5) is 45.4. The molecule has 0 bridgehead atoms. The maximum atomic E-state index is 13.1. The van der Waals surface area contributed by atoms with Gasteiger partial charge in [0.2, 0.25) is 0 Å². The van der Waals surface area contributed by atoms with Crippen molar-refractivity contribution in [1.29, 1.82) is 0 Å². The number of fused-ring (bicyclic) bond motifs is 8. The van der Waals surface area contributed by atoms with Crippen molar-refractivity contribution >= 4 is 150 Å². The lowest BCUT2D eigenvalue weighted by atomic mass is 9.88. The highest BCUT2D eigenvalue weighted by Crippen LogP contribution is 2.50. The number of rotatable bonds is 21. The van der Waals surface area contributed by atoms with Crippen LogP contribution >= 0.6 is 0 Å². The molecule has 0 fully saturated rings. The molecule has 0 saturated carbocycles. The monoisotopic (exact) mass is 1600 g/mol. The molecule has 0 aromatic heterocycles. The number of carbonyl (C=O) groups excluding carboxylic acids is 3. The third kappa shape index (κ3) is 16.9. The van der Waals surface area contributed by atoms with Gasteiger partial charge in [-0.15, -0.1) is 0 Å². The summed E-state index contributed by atoms with van der Waals surface area (Å²) in [5, 5.41) is 12.9. The zero-order chi connectivity index (χ0) is 85.0. The number of hydrogen-bond donors (Lipinski definition) is 0. The van der Waals surface area contributed by atoms with E-state index in [4.69, 9.17) is 14.2 Å². The van der Waals surface area contributed by atoms with Crippen LogP contribution in [0, 0.1) is 0 Å². The number of ether oxygens (including phenoxy) is 3. The van der Waals surface area contributed by atoms with Crippen LogP contribution in [-0.4, -0.2) is 38.7 Å². The second-order valence-corrected chi connectivity index (χ2v) is 30.4. The number of allylic oxidation sites excluding steroid dienone is 6. The van der Waals surface area contributed by atoms with Crippen LogP contribution in [0.4, 0.5) is 51.2 Å². The fourth-order valence-corrected chi connectivity index (χ4v) is 17.0. The van der Waals surface area contributed by atoms with Gasteiger partial charge >= 0.3 is 0 Å². The van der Waals surface area contributed by atoms with Gasteiger partial charge < -0.3 is 28.9 Å². The summed E-state index contributed by atoms with van der Waals surface area (Å²) < 4.78 is 16.7. The first-order chi connectivity index (χ1) is 60.2. The molecule has 123 heavy (non-hydrogen) atoms. The van der Waals surface area contributed by atoms with Gasteiger partial charge in [-0.3, -0.25) is 14.4 Å². The summed E-state index contributed by atoms with van der Waals surface area (Å²) in [7, 11) is 4.83.